The number of hydrogen-bond acceptors (Lipinski definition) is 0. The third kappa shape index (κ3) is 3.45. The summed E-state index contributed by atoms with van der Waals surface area (Å²) in [6.45, 7) is 0. The molecule has 0 heterocycles. The first-order chi connectivity index (χ1) is 8.18. The van der Waals surface area contributed by atoms with E-state index in [1.165, 1.54) is 25.7 Å². The van der Waals surface area contributed by atoms with E-state index in [9.17, 15) is 4.39 Å². The lowest BCUT2D eigenvalue weighted by Gasteiger charge is -2.17. The Bertz CT molecular complexity index is 374. The molecule has 1 aliphatic rings. The van der Waals surface area contributed by atoms with Crippen LogP contribution in [-0.2, 0) is 6.42 Å². The highest BCUT2D eigenvalue weighted by molar-refractivity contribution is 9.09. The predicted molar refractivity (Wildman–Crippen MR) is 74.4 cm³/mol. The molecule has 1 fully saturated rings. The SMILES string of the molecule is Fc1c(Cl)cccc1CCC(Br)C1CCCC1. The smallest absolute Gasteiger partial charge is 0.144 e. The molecule has 0 radical (unpaired) electrons. The normalized spacial score (nSPS) is 18.5. The van der Waals surface area contributed by atoms with Gasteiger partial charge in [-0.05, 0) is 43.2 Å². The van der Waals surface area contributed by atoms with E-state index >= 15 is 0 Å². The van der Waals surface area contributed by atoms with Gasteiger partial charge in [-0.2, -0.15) is 0 Å². The molecule has 2 rings (SSSR count). The maximum absolute atomic E-state index is 13.7. The fraction of sp³-hybridized carbons (Fsp3) is 0.571. The van der Waals surface area contributed by atoms with Crippen LogP contribution in [-0.4, -0.2) is 4.83 Å². The third-order valence-electron chi connectivity index (χ3n) is 3.63. The molecule has 3 heteroatoms. The number of rotatable bonds is 4. The molecule has 1 atom stereocenters. The van der Waals surface area contributed by atoms with Crippen molar-refractivity contribution in [1.29, 1.82) is 0 Å². The minimum absolute atomic E-state index is 0.231. The van der Waals surface area contributed by atoms with E-state index in [1.54, 1.807) is 6.07 Å². The largest absolute Gasteiger partial charge is 0.205 e. The van der Waals surface area contributed by atoms with E-state index in [2.05, 4.69) is 15.9 Å². The zero-order valence-electron chi connectivity index (χ0n) is 9.76. The molecule has 0 bridgehead atoms. The second-order valence-corrected chi connectivity index (χ2v) is 6.40. The highest BCUT2D eigenvalue weighted by atomic mass is 79.9. The van der Waals surface area contributed by atoms with Gasteiger partial charge in [0, 0.05) is 4.83 Å². The summed E-state index contributed by atoms with van der Waals surface area (Å²) < 4.78 is 13.7. The van der Waals surface area contributed by atoms with Crippen LogP contribution in [0.1, 0.15) is 37.7 Å². The molecule has 0 spiro atoms. The Labute approximate surface area is 116 Å². The van der Waals surface area contributed by atoms with E-state index in [0.717, 1.165) is 24.3 Å². The fourth-order valence-electron chi connectivity index (χ4n) is 2.59. The molecule has 0 nitrogen and oxygen atoms in total. The van der Waals surface area contributed by atoms with Crippen LogP contribution in [0.25, 0.3) is 0 Å². The number of benzene rings is 1. The molecule has 0 aliphatic heterocycles. The van der Waals surface area contributed by atoms with Crippen LogP contribution in [0.2, 0.25) is 5.02 Å². The van der Waals surface area contributed by atoms with Crippen molar-refractivity contribution in [2.45, 2.75) is 43.4 Å². The summed E-state index contributed by atoms with van der Waals surface area (Å²) in [5.74, 6) is 0.525. The molecule has 0 N–H and O–H groups in total. The van der Waals surface area contributed by atoms with Gasteiger partial charge in [-0.15, -0.1) is 0 Å². The molecule has 94 valence electrons. The average molecular weight is 320 g/mol. The average Bonchev–Trinajstić information content (AvgIpc) is 2.84. The van der Waals surface area contributed by atoms with Gasteiger partial charge in [0.2, 0.25) is 0 Å². The Hall–Kier alpha value is -0.0800. The van der Waals surface area contributed by atoms with Gasteiger partial charge in [0.1, 0.15) is 5.82 Å². The van der Waals surface area contributed by atoms with Crippen LogP contribution in [0.3, 0.4) is 0 Å². The number of aryl methyl sites for hydroxylation is 1. The van der Waals surface area contributed by atoms with E-state index in [-0.39, 0.29) is 10.8 Å². The zero-order chi connectivity index (χ0) is 12.3. The summed E-state index contributed by atoms with van der Waals surface area (Å²) in [6.07, 6.45) is 7.07. The van der Waals surface area contributed by atoms with Crippen molar-refractivity contribution in [2.24, 2.45) is 5.92 Å². The summed E-state index contributed by atoms with van der Waals surface area (Å²) in [5, 5.41) is 0.231. The lowest BCUT2D eigenvalue weighted by Crippen LogP contribution is -2.12. The van der Waals surface area contributed by atoms with Crippen molar-refractivity contribution < 1.29 is 4.39 Å². The Morgan fingerprint density at radius 3 is 2.76 bits per heavy atom. The van der Waals surface area contributed by atoms with Crippen LogP contribution < -0.4 is 0 Å². The topological polar surface area (TPSA) is 0 Å². The molecule has 1 aliphatic carbocycles. The first kappa shape index (κ1) is 13.4. The summed E-state index contributed by atoms with van der Waals surface area (Å²) in [7, 11) is 0. The quantitative estimate of drug-likeness (QED) is 0.655. The van der Waals surface area contributed by atoms with Gasteiger partial charge in [0.15, 0.2) is 0 Å². The number of hydrogen-bond donors (Lipinski definition) is 0. The highest BCUT2D eigenvalue weighted by Gasteiger charge is 2.22. The second-order valence-electron chi connectivity index (χ2n) is 4.81. The van der Waals surface area contributed by atoms with E-state index in [4.69, 9.17) is 11.6 Å². The molecule has 0 aromatic heterocycles. The second kappa shape index (κ2) is 6.19. The van der Waals surface area contributed by atoms with Crippen molar-refractivity contribution >= 4 is 27.5 Å². The number of halogens is 3. The van der Waals surface area contributed by atoms with Crippen LogP contribution in [0, 0.1) is 11.7 Å². The predicted octanol–water partition coefficient (Wildman–Crippen LogP) is 5.37. The van der Waals surface area contributed by atoms with Gasteiger partial charge in [-0.1, -0.05) is 52.5 Å². The molecule has 1 aromatic carbocycles. The molecular weight excluding hydrogens is 303 g/mol. The summed E-state index contributed by atoms with van der Waals surface area (Å²) in [6, 6.07) is 5.25. The summed E-state index contributed by atoms with van der Waals surface area (Å²) in [4.78, 5) is 0.517. The summed E-state index contributed by atoms with van der Waals surface area (Å²) in [5.41, 5.74) is 0.736. The van der Waals surface area contributed by atoms with Crippen LogP contribution in [0.5, 0.6) is 0 Å². The molecule has 1 unspecified atom stereocenters. The van der Waals surface area contributed by atoms with Crippen molar-refractivity contribution in [3.63, 3.8) is 0 Å². The van der Waals surface area contributed by atoms with E-state index in [1.807, 2.05) is 12.1 Å². The van der Waals surface area contributed by atoms with E-state index < -0.39 is 0 Å². The fourth-order valence-corrected chi connectivity index (χ4v) is 3.54. The van der Waals surface area contributed by atoms with Gasteiger partial charge in [0.05, 0.1) is 5.02 Å². The minimum Gasteiger partial charge on any atom is -0.205 e. The Morgan fingerprint density at radius 2 is 2.06 bits per heavy atom. The van der Waals surface area contributed by atoms with Gasteiger partial charge in [-0.25, -0.2) is 4.39 Å². The Balaban J connectivity index is 1.90. The van der Waals surface area contributed by atoms with Crippen LogP contribution in [0.4, 0.5) is 4.39 Å². The third-order valence-corrected chi connectivity index (χ3v) is 5.13. The van der Waals surface area contributed by atoms with Crippen molar-refractivity contribution in [1.82, 2.24) is 0 Å². The minimum atomic E-state index is -0.250. The maximum Gasteiger partial charge on any atom is 0.144 e. The Morgan fingerprint density at radius 1 is 1.35 bits per heavy atom. The Kier molecular flexibility index (Phi) is 4.87. The first-order valence-electron chi connectivity index (χ1n) is 6.25. The van der Waals surface area contributed by atoms with Gasteiger partial charge < -0.3 is 0 Å². The zero-order valence-corrected chi connectivity index (χ0v) is 12.1. The molecular formula is C14H17BrClF. The first-order valence-corrected chi connectivity index (χ1v) is 7.55. The molecule has 1 saturated carbocycles. The standard InChI is InChI=1S/C14H17BrClF/c15-12(10-4-1-2-5-10)9-8-11-6-3-7-13(16)14(11)17/h3,6-7,10,12H,1-2,4-5,8-9H2. The number of alkyl halides is 1. The lowest BCUT2D eigenvalue weighted by molar-refractivity contribution is 0.501. The van der Waals surface area contributed by atoms with Gasteiger partial charge in [-0.3, -0.25) is 0 Å². The summed E-state index contributed by atoms with van der Waals surface area (Å²) >= 11 is 9.52. The lowest BCUT2D eigenvalue weighted by atomic mass is 9.98. The van der Waals surface area contributed by atoms with E-state index in [0.29, 0.717) is 4.83 Å². The monoisotopic (exact) mass is 318 g/mol. The van der Waals surface area contributed by atoms with Crippen LogP contribution >= 0.6 is 27.5 Å². The van der Waals surface area contributed by atoms with Crippen LogP contribution in [0.15, 0.2) is 18.2 Å². The van der Waals surface area contributed by atoms with Crippen molar-refractivity contribution in [3.8, 4) is 0 Å². The molecule has 17 heavy (non-hydrogen) atoms. The molecule has 1 aromatic rings. The maximum atomic E-state index is 13.7. The molecule has 0 amide bonds. The van der Waals surface area contributed by atoms with Crippen molar-refractivity contribution in [3.05, 3.63) is 34.6 Å². The molecule has 0 saturated heterocycles. The van der Waals surface area contributed by atoms with Gasteiger partial charge in [0.25, 0.3) is 0 Å². The van der Waals surface area contributed by atoms with Gasteiger partial charge >= 0.3 is 0 Å². The highest BCUT2D eigenvalue weighted by Crippen LogP contribution is 2.34. The van der Waals surface area contributed by atoms with Crippen molar-refractivity contribution in [2.75, 3.05) is 0 Å².